The first-order valence-electron chi connectivity index (χ1n) is 6.60. The summed E-state index contributed by atoms with van der Waals surface area (Å²) in [4.78, 5) is 24.4. The Bertz CT molecular complexity index is 244. The summed E-state index contributed by atoms with van der Waals surface area (Å²) in [5, 5.41) is 0. The van der Waals surface area contributed by atoms with Gasteiger partial charge in [-0.05, 0) is 20.3 Å². The fourth-order valence-corrected chi connectivity index (χ4v) is 1.60. The van der Waals surface area contributed by atoms with E-state index >= 15 is 0 Å². The largest absolute Gasteiger partial charge is 0.447 e. The molecule has 0 saturated carbocycles. The lowest BCUT2D eigenvalue weighted by Gasteiger charge is -2.32. The van der Waals surface area contributed by atoms with Gasteiger partial charge in [0.1, 0.15) is 0 Å². The summed E-state index contributed by atoms with van der Waals surface area (Å²) in [6.07, 6.45) is 0.789. The number of carbonyl (C=O) groups excluding carboxylic acids is 2. The molecule has 0 aliphatic rings. The topological polar surface area (TPSA) is 55.8 Å². The van der Waals surface area contributed by atoms with Crippen LogP contribution in [-0.2, 0) is 19.1 Å². The Morgan fingerprint density at radius 1 is 0.944 bits per heavy atom. The fraction of sp³-hybridized carbons (Fsp3) is 0.846. The molecule has 0 bridgehead atoms. The Kier molecular flexibility index (Phi) is 8.37. The Balaban J connectivity index is 4.51. The molecule has 106 valence electrons. The molecule has 2 unspecified atom stereocenters. The summed E-state index contributed by atoms with van der Waals surface area (Å²) >= 11 is 0. The van der Waals surface area contributed by atoms with Crippen molar-refractivity contribution in [1.29, 1.82) is 0 Å². The molecule has 0 saturated heterocycles. The van der Waals surface area contributed by atoms with Gasteiger partial charge in [-0.2, -0.15) is 0 Å². The van der Waals surface area contributed by atoms with Gasteiger partial charge >= 0.3 is 11.9 Å². The van der Waals surface area contributed by atoms with Crippen LogP contribution in [0.4, 0.5) is 0 Å². The summed E-state index contributed by atoms with van der Waals surface area (Å²) in [5.74, 6) is -0.504. The standard InChI is InChI=1S/C13H25NO4/c1-6-9-14(10(4)17-12(15)7-2)11(5)18-13(16)8-3/h10-11H,6-9H2,1-5H3. The molecular weight excluding hydrogens is 234 g/mol. The molecule has 0 spiro atoms. The lowest BCUT2D eigenvalue weighted by Crippen LogP contribution is -2.45. The number of rotatable bonds is 8. The molecule has 0 N–H and O–H groups in total. The van der Waals surface area contributed by atoms with Gasteiger partial charge in [-0.3, -0.25) is 9.59 Å². The van der Waals surface area contributed by atoms with Crippen LogP contribution in [-0.4, -0.2) is 35.8 Å². The van der Waals surface area contributed by atoms with Crippen molar-refractivity contribution in [2.24, 2.45) is 0 Å². The second kappa shape index (κ2) is 8.91. The Morgan fingerprint density at radius 2 is 1.33 bits per heavy atom. The van der Waals surface area contributed by atoms with Crippen molar-refractivity contribution in [3.8, 4) is 0 Å². The maximum Gasteiger partial charge on any atom is 0.307 e. The monoisotopic (exact) mass is 259 g/mol. The minimum absolute atomic E-state index is 0.252. The van der Waals surface area contributed by atoms with Crippen LogP contribution >= 0.6 is 0 Å². The summed E-state index contributed by atoms with van der Waals surface area (Å²) in [5.41, 5.74) is 0. The molecular formula is C13H25NO4. The molecule has 0 rings (SSSR count). The average Bonchev–Trinajstić information content (AvgIpc) is 2.34. The van der Waals surface area contributed by atoms with Crippen LogP contribution in [0.1, 0.15) is 53.9 Å². The van der Waals surface area contributed by atoms with Crippen molar-refractivity contribution in [1.82, 2.24) is 4.90 Å². The van der Waals surface area contributed by atoms with Crippen LogP contribution in [0.2, 0.25) is 0 Å². The molecule has 18 heavy (non-hydrogen) atoms. The van der Waals surface area contributed by atoms with Gasteiger partial charge in [0, 0.05) is 19.4 Å². The second-order valence-electron chi connectivity index (χ2n) is 4.12. The minimum atomic E-state index is -0.392. The summed E-state index contributed by atoms with van der Waals surface area (Å²) < 4.78 is 10.5. The average molecular weight is 259 g/mol. The lowest BCUT2D eigenvalue weighted by atomic mass is 10.3. The van der Waals surface area contributed by atoms with Gasteiger partial charge in [0.05, 0.1) is 0 Å². The van der Waals surface area contributed by atoms with Crippen molar-refractivity contribution >= 4 is 11.9 Å². The zero-order valence-corrected chi connectivity index (χ0v) is 12.1. The fourth-order valence-electron chi connectivity index (χ4n) is 1.60. The minimum Gasteiger partial charge on any atom is -0.447 e. The number of nitrogens with zero attached hydrogens (tertiary/aromatic N) is 1. The third-order valence-corrected chi connectivity index (χ3v) is 2.60. The van der Waals surface area contributed by atoms with E-state index < -0.39 is 12.5 Å². The zero-order chi connectivity index (χ0) is 14.1. The number of ether oxygens (including phenoxy) is 2. The van der Waals surface area contributed by atoms with E-state index in [1.165, 1.54) is 0 Å². The highest BCUT2D eigenvalue weighted by Crippen LogP contribution is 2.11. The predicted octanol–water partition coefficient (Wildman–Crippen LogP) is 2.30. The zero-order valence-electron chi connectivity index (χ0n) is 12.1. The molecule has 2 atom stereocenters. The SMILES string of the molecule is CCCN(C(C)OC(=O)CC)C(C)OC(=O)CC. The first-order valence-corrected chi connectivity index (χ1v) is 6.60. The highest BCUT2D eigenvalue weighted by atomic mass is 16.6. The maximum absolute atomic E-state index is 11.3. The van der Waals surface area contributed by atoms with Crippen molar-refractivity contribution < 1.29 is 19.1 Å². The van der Waals surface area contributed by atoms with E-state index in [9.17, 15) is 9.59 Å². The molecule has 0 fully saturated rings. The lowest BCUT2D eigenvalue weighted by molar-refractivity contribution is -0.179. The molecule has 0 aromatic rings. The van der Waals surface area contributed by atoms with Crippen molar-refractivity contribution in [3.63, 3.8) is 0 Å². The molecule has 0 aliphatic heterocycles. The Labute approximate surface area is 109 Å². The second-order valence-corrected chi connectivity index (χ2v) is 4.12. The van der Waals surface area contributed by atoms with Crippen LogP contribution in [0, 0.1) is 0 Å². The van der Waals surface area contributed by atoms with Gasteiger partial charge in [-0.15, -0.1) is 0 Å². The third kappa shape index (κ3) is 6.00. The molecule has 0 aromatic heterocycles. The van der Waals surface area contributed by atoms with E-state index in [1.54, 1.807) is 27.7 Å². The normalized spacial score (nSPS) is 14.1. The third-order valence-electron chi connectivity index (χ3n) is 2.60. The first kappa shape index (κ1) is 16.9. The van der Waals surface area contributed by atoms with E-state index in [2.05, 4.69) is 0 Å². The molecule has 0 amide bonds. The summed E-state index contributed by atoms with van der Waals surface area (Å²) in [7, 11) is 0. The van der Waals surface area contributed by atoms with E-state index in [0.717, 1.165) is 6.42 Å². The Morgan fingerprint density at radius 3 is 1.61 bits per heavy atom. The molecule has 0 aromatic carbocycles. The maximum atomic E-state index is 11.3. The van der Waals surface area contributed by atoms with E-state index in [-0.39, 0.29) is 11.9 Å². The quantitative estimate of drug-likeness (QED) is 0.494. The number of esters is 2. The Hall–Kier alpha value is -1.10. The van der Waals surface area contributed by atoms with Gasteiger partial charge in [0.2, 0.25) is 0 Å². The molecule has 0 radical (unpaired) electrons. The van der Waals surface area contributed by atoms with Crippen molar-refractivity contribution in [2.75, 3.05) is 6.54 Å². The molecule has 5 nitrogen and oxygen atoms in total. The van der Waals surface area contributed by atoms with Crippen molar-refractivity contribution in [3.05, 3.63) is 0 Å². The van der Waals surface area contributed by atoms with Gasteiger partial charge in [0.25, 0.3) is 0 Å². The van der Waals surface area contributed by atoms with Gasteiger partial charge in [-0.1, -0.05) is 20.8 Å². The first-order chi connectivity index (χ1) is 8.46. The molecule has 0 aliphatic carbocycles. The molecule has 5 heteroatoms. The predicted molar refractivity (Wildman–Crippen MR) is 68.7 cm³/mol. The summed E-state index contributed by atoms with van der Waals surface area (Å²) in [6, 6.07) is 0. The van der Waals surface area contributed by atoms with E-state index in [1.807, 2.05) is 11.8 Å². The number of hydrogen-bond donors (Lipinski definition) is 0. The number of hydrogen-bond acceptors (Lipinski definition) is 5. The highest BCUT2D eigenvalue weighted by Gasteiger charge is 2.24. The van der Waals surface area contributed by atoms with Gasteiger partial charge in [0.15, 0.2) is 12.5 Å². The van der Waals surface area contributed by atoms with Crippen LogP contribution < -0.4 is 0 Å². The van der Waals surface area contributed by atoms with Crippen LogP contribution in [0.25, 0.3) is 0 Å². The molecule has 0 heterocycles. The van der Waals surface area contributed by atoms with Gasteiger partial charge < -0.3 is 9.47 Å². The van der Waals surface area contributed by atoms with Crippen molar-refractivity contribution in [2.45, 2.75) is 66.3 Å². The van der Waals surface area contributed by atoms with Crippen LogP contribution in [0.15, 0.2) is 0 Å². The summed E-state index contributed by atoms with van der Waals surface area (Å²) in [6.45, 7) is 9.81. The highest BCUT2D eigenvalue weighted by molar-refractivity contribution is 5.69. The van der Waals surface area contributed by atoms with E-state index in [0.29, 0.717) is 19.4 Å². The van der Waals surface area contributed by atoms with E-state index in [4.69, 9.17) is 9.47 Å². The number of carbonyl (C=O) groups is 2. The van der Waals surface area contributed by atoms with Crippen LogP contribution in [0.5, 0.6) is 0 Å². The van der Waals surface area contributed by atoms with Crippen LogP contribution in [0.3, 0.4) is 0 Å². The smallest absolute Gasteiger partial charge is 0.307 e. The van der Waals surface area contributed by atoms with Gasteiger partial charge in [-0.25, -0.2) is 4.90 Å².